The number of carboxylic acid groups (broad SMARTS) is 1. The number of benzene rings is 1. The van der Waals surface area contributed by atoms with Gasteiger partial charge in [-0.2, -0.15) is 0 Å². The second-order valence-corrected chi connectivity index (χ2v) is 5.00. The number of halogens is 2. The lowest BCUT2D eigenvalue weighted by molar-refractivity contribution is -0.147. The number of rotatable bonds is 4. The number of ether oxygens (including phenoxy) is 1. The highest BCUT2D eigenvalue weighted by Gasteiger charge is 2.40. The van der Waals surface area contributed by atoms with Crippen LogP contribution in [-0.4, -0.2) is 45.9 Å². The predicted octanol–water partition coefficient (Wildman–Crippen LogP) is 1.65. The van der Waals surface area contributed by atoms with Crippen LogP contribution in [0.3, 0.4) is 0 Å². The van der Waals surface area contributed by atoms with Crippen molar-refractivity contribution in [2.75, 3.05) is 11.9 Å². The number of nitrogens with zero attached hydrogens (tertiary/aromatic N) is 1. The molecule has 1 aromatic carbocycles. The molecule has 1 aliphatic heterocycles. The van der Waals surface area contributed by atoms with E-state index in [2.05, 4.69) is 15.9 Å². The third-order valence-electron chi connectivity index (χ3n) is 3.11. The molecule has 5 nitrogen and oxygen atoms in total. The number of amides is 1. The minimum absolute atomic E-state index is 0.0448. The van der Waals surface area contributed by atoms with E-state index in [1.54, 1.807) is 6.07 Å². The molecule has 0 bridgehead atoms. The predicted molar refractivity (Wildman–Crippen MR) is 72.4 cm³/mol. The van der Waals surface area contributed by atoms with Crippen LogP contribution in [0.4, 0.5) is 4.39 Å². The van der Waals surface area contributed by atoms with Gasteiger partial charge in [-0.15, -0.1) is 0 Å². The third-order valence-corrected chi connectivity index (χ3v) is 3.59. The maximum absolute atomic E-state index is 13.5. The molecule has 0 spiro atoms. The molecule has 1 amide bonds. The van der Waals surface area contributed by atoms with Gasteiger partial charge in [0.15, 0.2) is 11.6 Å². The molecule has 7 heteroatoms. The number of hydrogen-bond donors (Lipinski definition) is 1. The van der Waals surface area contributed by atoms with Crippen molar-refractivity contribution in [1.82, 2.24) is 4.90 Å². The Hall–Kier alpha value is -1.63. The Morgan fingerprint density at radius 1 is 1.45 bits per heavy atom. The van der Waals surface area contributed by atoms with E-state index in [9.17, 15) is 14.0 Å². The molecule has 1 N–H and O–H groups in total. The van der Waals surface area contributed by atoms with Crippen LogP contribution >= 0.6 is 15.9 Å². The van der Waals surface area contributed by atoms with Crippen molar-refractivity contribution in [2.45, 2.75) is 18.6 Å². The van der Waals surface area contributed by atoms with Crippen LogP contribution in [0.1, 0.15) is 6.42 Å². The summed E-state index contributed by atoms with van der Waals surface area (Å²) in [6, 6.07) is 4.97. The molecule has 108 valence electrons. The lowest BCUT2D eigenvalue weighted by atomic mass is 10.2. The van der Waals surface area contributed by atoms with E-state index in [4.69, 9.17) is 9.84 Å². The van der Waals surface area contributed by atoms with Crippen LogP contribution in [0.2, 0.25) is 0 Å². The smallest absolute Gasteiger partial charge is 0.326 e. The van der Waals surface area contributed by atoms with Gasteiger partial charge < -0.3 is 14.7 Å². The maximum atomic E-state index is 13.5. The number of aliphatic carboxylic acids is 1. The largest absolute Gasteiger partial charge is 0.485 e. The van der Waals surface area contributed by atoms with Crippen LogP contribution in [0.25, 0.3) is 0 Å². The number of carboxylic acids is 1. The van der Waals surface area contributed by atoms with Gasteiger partial charge in [-0.3, -0.25) is 4.79 Å². The first-order valence-corrected chi connectivity index (χ1v) is 7.14. The Kier molecular flexibility index (Phi) is 4.59. The topological polar surface area (TPSA) is 66.8 Å². The number of carbonyl (C=O) groups excluding carboxylic acids is 1. The summed E-state index contributed by atoms with van der Waals surface area (Å²) in [4.78, 5) is 24.1. The molecule has 2 rings (SSSR count). The first-order valence-electron chi connectivity index (χ1n) is 6.02. The molecule has 20 heavy (non-hydrogen) atoms. The lowest BCUT2D eigenvalue weighted by Crippen LogP contribution is -2.41. The van der Waals surface area contributed by atoms with E-state index in [0.29, 0.717) is 0 Å². The number of alkyl halides is 1. The van der Waals surface area contributed by atoms with Gasteiger partial charge in [0, 0.05) is 6.42 Å². The summed E-state index contributed by atoms with van der Waals surface area (Å²) in [5, 5.41) is 9.17. The van der Waals surface area contributed by atoms with Crippen LogP contribution in [0, 0.1) is 5.82 Å². The number of likely N-dealkylation sites (tertiary alicyclic amines) is 1. The van der Waals surface area contributed by atoms with Gasteiger partial charge in [-0.25, -0.2) is 9.18 Å². The standard InChI is InChI=1S/C13H13BrFNO4/c14-6-12(17)16-7-8(5-10(16)13(18)19)20-11-4-2-1-3-9(11)15/h1-4,8,10H,5-7H2,(H,18,19)/t8-,10-/m0/s1. The quantitative estimate of drug-likeness (QED) is 0.842. The molecule has 1 aromatic rings. The molecule has 0 radical (unpaired) electrons. The molecular formula is C13H13BrFNO4. The molecule has 1 saturated heterocycles. The van der Waals surface area contributed by atoms with Crippen molar-refractivity contribution in [3.63, 3.8) is 0 Å². The van der Waals surface area contributed by atoms with Gasteiger partial charge in [0.05, 0.1) is 11.9 Å². The maximum Gasteiger partial charge on any atom is 0.326 e. The van der Waals surface area contributed by atoms with Crippen LogP contribution < -0.4 is 4.74 Å². The Labute approximate surface area is 123 Å². The molecular weight excluding hydrogens is 333 g/mol. The van der Waals surface area contributed by atoms with Crippen molar-refractivity contribution in [2.24, 2.45) is 0 Å². The monoisotopic (exact) mass is 345 g/mol. The highest BCUT2D eigenvalue weighted by molar-refractivity contribution is 9.09. The van der Waals surface area contributed by atoms with Crippen molar-refractivity contribution in [3.05, 3.63) is 30.1 Å². The molecule has 2 atom stereocenters. The van der Waals surface area contributed by atoms with E-state index >= 15 is 0 Å². The minimum atomic E-state index is -1.08. The van der Waals surface area contributed by atoms with Gasteiger partial charge in [0.1, 0.15) is 12.1 Å². The zero-order chi connectivity index (χ0) is 14.7. The highest BCUT2D eigenvalue weighted by atomic mass is 79.9. The second kappa shape index (κ2) is 6.21. The van der Waals surface area contributed by atoms with Crippen molar-refractivity contribution < 1.29 is 23.8 Å². The average molecular weight is 346 g/mol. The number of carbonyl (C=O) groups is 2. The Bertz CT molecular complexity index is 525. The average Bonchev–Trinajstić information content (AvgIpc) is 2.85. The third kappa shape index (κ3) is 3.09. The second-order valence-electron chi connectivity index (χ2n) is 4.44. The minimum Gasteiger partial charge on any atom is -0.485 e. The Balaban J connectivity index is 2.10. The summed E-state index contributed by atoms with van der Waals surface area (Å²) in [7, 11) is 0. The first kappa shape index (κ1) is 14.8. The fraction of sp³-hybridized carbons (Fsp3) is 0.385. The zero-order valence-corrected chi connectivity index (χ0v) is 12.0. The van der Waals surface area contributed by atoms with E-state index in [0.717, 1.165) is 0 Å². The summed E-state index contributed by atoms with van der Waals surface area (Å²) >= 11 is 3.01. The summed E-state index contributed by atoms with van der Waals surface area (Å²) in [5.41, 5.74) is 0. The Morgan fingerprint density at radius 3 is 2.75 bits per heavy atom. The molecule has 0 unspecified atom stereocenters. The number of para-hydroxylation sites is 1. The summed E-state index contributed by atoms with van der Waals surface area (Å²) < 4.78 is 19.0. The van der Waals surface area contributed by atoms with Gasteiger partial charge in [-0.1, -0.05) is 28.1 Å². The lowest BCUT2D eigenvalue weighted by Gasteiger charge is -2.19. The number of hydrogen-bond acceptors (Lipinski definition) is 3. The summed E-state index contributed by atoms with van der Waals surface area (Å²) in [5.74, 6) is -1.85. The molecule has 0 aromatic heterocycles. The Morgan fingerprint density at radius 2 is 2.15 bits per heavy atom. The molecule has 1 aliphatic rings. The van der Waals surface area contributed by atoms with Crippen LogP contribution in [0.15, 0.2) is 24.3 Å². The molecule has 0 aliphatic carbocycles. The van der Waals surface area contributed by atoms with Crippen molar-refractivity contribution in [1.29, 1.82) is 0 Å². The van der Waals surface area contributed by atoms with Crippen LogP contribution in [0.5, 0.6) is 5.75 Å². The van der Waals surface area contributed by atoms with Crippen LogP contribution in [-0.2, 0) is 9.59 Å². The van der Waals surface area contributed by atoms with Crippen molar-refractivity contribution >= 4 is 27.8 Å². The van der Waals surface area contributed by atoms with E-state index in [-0.39, 0.29) is 30.0 Å². The first-order chi connectivity index (χ1) is 9.52. The molecule has 1 heterocycles. The zero-order valence-electron chi connectivity index (χ0n) is 10.5. The van der Waals surface area contributed by atoms with Gasteiger partial charge >= 0.3 is 5.97 Å². The molecule has 0 saturated carbocycles. The fourth-order valence-corrected chi connectivity index (χ4v) is 2.51. The van der Waals surface area contributed by atoms with Gasteiger partial charge in [0.25, 0.3) is 0 Å². The van der Waals surface area contributed by atoms with Gasteiger partial charge in [0.2, 0.25) is 5.91 Å². The van der Waals surface area contributed by atoms with Crippen molar-refractivity contribution in [3.8, 4) is 5.75 Å². The summed E-state index contributed by atoms with van der Waals surface area (Å²) in [6.45, 7) is 0.135. The van der Waals surface area contributed by atoms with E-state index < -0.39 is 23.9 Å². The van der Waals surface area contributed by atoms with E-state index in [1.165, 1.54) is 23.1 Å². The normalized spacial score (nSPS) is 21.8. The van der Waals surface area contributed by atoms with Gasteiger partial charge in [-0.05, 0) is 12.1 Å². The highest BCUT2D eigenvalue weighted by Crippen LogP contribution is 2.25. The summed E-state index contributed by atoms with van der Waals surface area (Å²) in [6.07, 6.45) is -0.390. The molecule has 1 fully saturated rings. The fourth-order valence-electron chi connectivity index (χ4n) is 2.19. The van der Waals surface area contributed by atoms with E-state index in [1.807, 2.05) is 0 Å². The SMILES string of the molecule is O=C(O)[C@@H]1C[C@H](Oc2ccccc2F)CN1C(=O)CBr.